The fourth-order valence-electron chi connectivity index (χ4n) is 9.04. The summed E-state index contributed by atoms with van der Waals surface area (Å²) in [6, 6.07) is 0. The maximum absolute atomic E-state index is 5.65. The summed E-state index contributed by atoms with van der Waals surface area (Å²) in [5.74, 6) is 0. The third-order valence-electron chi connectivity index (χ3n) is 13.4. The molecule has 6 heteroatoms. The summed E-state index contributed by atoms with van der Waals surface area (Å²) in [6.07, 6.45) is 0. The van der Waals surface area contributed by atoms with Crippen LogP contribution in [0.2, 0.25) is 0 Å². The quantitative estimate of drug-likeness (QED) is 0.159. The van der Waals surface area contributed by atoms with Gasteiger partial charge in [-0.3, -0.25) is 9.97 Å². The molecule has 0 saturated carbocycles. The smallest absolute Gasteiger partial charge is 0.143 e. The predicted octanol–water partition coefficient (Wildman–Crippen LogP) is 11.5. The first kappa shape index (κ1) is 35.6. The van der Waals surface area contributed by atoms with Gasteiger partial charge in [0.1, 0.15) is 11.3 Å². The highest BCUT2D eigenvalue weighted by Gasteiger charge is 2.23. The van der Waals surface area contributed by atoms with Crippen LogP contribution in [0.15, 0.2) is 0 Å². The van der Waals surface area contributed by atoms with Gasteiger partial charge in [-0.05, 0) is 189 Å². The molecule has 4 aromatic carbocycles. The maximum Gasteiger partial charge on any atom is 0.143 e. The number of fused-ring (bicyclic) bond motifs is 6. The SMILES string of the molecule is Cc1c(C)c(C)c2c(nc(C)c3c(C)c(C)c(C)c4c3nc(c3c(C)c(C)c(C)c(C)c3nc(C)c3c(C)c(C)c(C)c5c3nc2n5C)n4C)c1C. The Labute approximate surface area is 308 Å². The van der Waals surface area contributed by atoms with Crippen LogP contribution in [0.25, 0.3) is 65.9 Å². The molecule has 0 spiro atoms. The van der Waals surface area contributed by atoms with Gasteiger partial charge in [-0.2, -0.15) is 0 Å². The molecule has 0 amide bonds. The van der Waals surface area contributed by atoms with Crippen LogP contribution in [0.1, 0.15) is 89.3 Å². The second kappa shape index (κ2) is 11.8. The van der Waals surface area contributed by atoms with E-state index in [0.717, 1.165) is 77.3 Å². The zero-order valence-electron chi connectivity index (χ0n) is 34.7. The fraction of sp³-hybridized carbons (Fsp3) is 0.391. The normalized spacial score (nSPS) is 12.0. The van der Waals surface area contributed by atoms with Crippen molar-refractivity contribution in [2.75, 3.05) is 0 Å². The van der Waals surface area contributed by atoms with Gasteiger partial charge in [-0.25, -0.2) is 9.97 Å². The highest BCUT2D eigenvalue weighted by molar-refractivity contribution is 6.09. The van der Waals surface area contributed by atoms with E-state index in [1.807, 2.05) is 0 Å². The zero-order chi connectivity index (χ0) is 38.1. The average molecular weight is 691 g/mol. The van der Waals surface area contributed by atoms with Crippen molar-refractivity contribution in [3.63, 3.8) is 0 Å². The van der Waals surface area contributed by atoms with Gasteiger partial charge in [-0.1, -0.05) is 0 Å². The van der Waals surface area contributed by atoms with Crippen LogP contribution in [0, 0.1) is 111 Å². The van der Waals surface area contributed by atoms with Crippen molar-refractivity contribution in [3.05, 3.63) is 89.3 Å². The number of aromatic nitrogens is 6. The Morgan fingerprint density at radius 2 is 0.538 bits per heavy atom. The first-order chi connectivity index (χ1) is 24.3. The van der Waals surface area contributed by atoms with Crippen LogP contribution in [0.5, 0.6) is 0 Å². The van der Waals surface area contributed by atoms with Crippen LogP contribution >= 0.6 is 0 Å². The van der Waals surface area contributed by atoms with E-state index in [2.05, 4.69) is 134 Å². The topological polar surface area (TPSA) is 61.4 Å². The molecule has 3 aromatic heterocycles. The maximum atomic E-state index is 5.65. The Morgan fingerprint density at radius 1 is 0.269 bits per heavy atom. The minimum Gasteiger partial charge on any atom is -0.327 e. The van der Waals surface area contributed by atoms with Gasteiger partial charge in [0, 0.05) is 47.0 Å². The molecule has 4 bridgehead atoms. The molecular weight excluding hydrogens is 637 g/mol. The van der Waals surface area contributed by atoms with E-state index in [9.17, 15) is 0 Å². The minimum absolute atomic E-state index is 0.931. The molecular formula is C46H54N6. The van der Waals surface area contributed by atoms with Crippen LogP contribution < -0.4 is 0 Å². The van der Waals surface area contributed by atoms with Crippen LogP contribution in [-0.4, -0.2) is 29.1 Å². The Kier molecular flexibility index (Phi) is 8.10. The molecule has 0 aliphatic carbocycles. The second-order valence-corrected chi connectivity index (χ2v) is 15.7. The van der Waals surface area contributed by atoms with E-state index in [4.69, 9.17) is 19.9 Å². The largest absolute Gasteiger partial charge is 0.327 e. The van der Waals surface area contributed by atoms with Gasteiger partial charge in [0.05, 0.1) is 33.1 Å². The van der Waals surface area contributed by atoms with Crippen molar-refractivity contribution in [2.24, 2.45) is 14.1 Å². The fourth-order valence-corrected chi connectivity index (χ4v) is 9.04. The van der Waals surface area contributed by atoms with Crippen LogP contribution in [0.4, 0.5) is 0 Å². The number of imidazole rings is 2. The number of rotatable bonds is 0. The standard InChI is InChI=1S/C46H54N6/c1-19-21(3)29(11)39-37(27(19)9)45-49-41-36(26(8)23(5)31(13)43(41)51(45)17)34(16)48-40-30(12)22(4)20(2)28(10)38(40)46-50-42-35(33(15)47-39)25(7)24(6)32(14)44(42)52(46)18/h1-18H3. The Morgan fingerprint density at radius 3 is 0.865 bits per heavy atom. The highest BCUT2D eigenvalue weighted by atomic mass is 15.1. The van der Waals surface area contributed by atoms with E-state index in [-0.39, 0.29) is 0 Å². The third kappa shape index (κ3) is 4.55. The van der Waals surface area contributed by atoms with E-state index < -0.39 is 0 Å². The molecule has 0 aliphatic heterocycles. The van der Waals surface area contributed by atoms with Gasteiger partial charge in [-0.15, -0.1) is 0 Å². The lowest BCUT2D eigenvalue weighted by Gasteiger charge is -2.15. The first-order valence-corrected chi connectivity index (χ1v) is 18.6. The predicted molar refractivity (Wildman–Crippen MR) is 223 cm³/mol. The highest BCUT2D eigenvalue weighted by Crippen LogP contribution is 2.39. The number of hydrogen-bond acceptors (Lipinski definition) is 4. The molecule has 3 heterocycles. The Bertz CT molecular complexity index is 2710. The summed E-state index contributed by atoms with van der Waals surface area (Å²) >= 11 is 0. The molecule has 0 N–H and O–H groups in total. The monoisotopic (exact) mass is 690 g/mol. The van der Waals surface area contributed by atoms with Gasteiger partial charge < -0.3 is 9.13 Å². The van der Waals surface area contributed by atoms with Crippen molar-refractivity contribution in [1.29, 1.82) is 0 Å². The number of nitrogens with zero attached hydrogens (tertiary/aromatic N) is 6. The van der Waals surface area contributed by atoms with Crippen molar-refractivity contribution in [3.8, 4) is 0 Å². The number of aryl methyl sites for hydroxylation is 12. The summed E-state index contributed by atoms with van der Waals surface area (Å²) in [7, 11) is 4.34. The third-order valence-corrected chi connectivity index (χ3v) is 13.4. The summed E-state index contributed by atoms with van der Waals surface area (Å²) in [4.78, 5) is 22.5. The lowest BCUT2D eigenvalue weighted by atomic mass is 9.95. The molecule has 0 aliphatic rings. The van der Waals surface area contributed by atoms with E-state index in [1.54, 1.807) is 0 Å². The zero-order valence-corrected chi connectivity index (χ0v) is 34.7. The van der Waals surface area contributed by atoms with Crippen molar-refractivity contribution < 1.29 is 0 Å². The Hall–Kier alpha value is -4.84. The van der Waals surface area contributed by atoms with Gasteiger partial charge >= 0.3 is 0 Å². The number of hydrogen-bond donors (Lipinski definition) is 0. The van der Waals surface area contributed by atoms with Gasteiger partial charge in [0.25, 0.3) is 0 Å². The average Bonchev–Trinajstić information content (AvgIpc) is 3.61. The van der Waals surface area contributed by atoms with Crippen molar-refractivity contribution >= 4 is 65.9 Å². The molecule has 0 radical (unpaired) electrons. The summed E-state index contributed by atoms with van der Waals surface area (Å²) in [5, 5.41) is 4.37. The molecule has 268 valence electrons. The van der Waals surface area contributed by atoms with Gasteiger partial charge in [0.15, 0.2) is 0 Å². The van der Waals surface area contributed by atoms with E-state index >= 15 is 0 Å². The lowest BCUT2D eigenvalue weighted by Crippen LogP contribution is -2.00. The molecule has 6 nitrogen and oxygen atoms in total. The molecule has 52 heavy (non-hydrogen) atoms. The van der Waals surface area contributed by atoms with E-state index in [1.165, 1.54) is 77.9 Å². The first-order valence-electron chi connectivity index (χ1n) is 18.6. The van der Waals surface area contributed by atoms with Crippen molar-refractivity contribution in [1.82, 2.24) is 29.1 Å². The van der Waals surface area contributed by atoms with Crippen molar-refractivity contribution in [2.45, 2.75) is 111 Å². The number of benzene rings is 4. The summed E-state index contributed by atoms with van der Waals surface area (Å²) in [6.45, 7) is 35.5. The molecule has 7 rings (SSSR count). The second-order valence-electron chi connectivity index (χ2n) is 15.7. The Balaban J connectivity index is 2.00. The van der Waals surface area contributed by atoms with Crippen LogP contribution in [-0.2, 0) is 14.1 Å². The minimum atomic E-state index is 0.931. The van der Waals surface area contributed by atoms with Gasteiger partial charge in [0.2, 0.25) is 0 Å². The van der Waals surface area contributed by atoms with E-state index in [0.29, 0.717) is 0 Å². The lowest BCUT2D eigenvalue weighted by molar-refractivity contribution is 0.997. The molecule has 0 fully saturated rings. The molecule has 0 saturated heterocycles. The molecule has 0 unspecified atom stereocenters. The van der Waals surface area contributed by atoms with Crippen LogP contribution in [0.3, 0.4) is 0 Å². The summed E-state index contributed by atoms with van der Waals surface area (Å²) in [5.41, 5.74) is 27.3. The molecule has 7 aromatic rings. The molecule has 0 atom stereocenters. The summed E-state index contributed by atoms with van der Waals surface area (Å²) < 4.78 is 4.61.